The molecule has 0 aromatic heterocycles. The van der Waals surface area contributed by atoms with Crippen molar-refractivity contribution in [3.05, 3.63) is 58.7 Å². The molecule has 0 radical (unpaired) electrons. The minimum atomic E-state index is 0.290. The Hall–Kier alpha value is -1.56. The van der Waals surface area contributed by atoms with Crippen molar-refractivity contribution < 1.29 is 0 Å². The average Bonchev–Trinajstić information content (AvgIpc) is 2.85. The lowest BCUT2D eigenvalue weighted by molar-refractivity contribution is 0.352. The van der Waals surface area contributed by atoms with Crippen LogP contribution in [0, 0.1) is 0 Å². The molecule has 0 N–H and O–H groups in total. The van der Waals surface area contributed by atoms with Crippen molar-refractivity contribution in [2.45, 2.75) is 77.0 Å². The fourth-order valence-corrected chi connectivity index (χ4v) is 4.94. The first-order valence-electron chi connectivity index (χ1n) is 9.82. The number of benzene rings is 2. The van der Waals surface area contributed by atoms with Gasteiger partial charge in [-0.2, -0.15) is 0 Å². The van der Waals surface area contributed by atoms with Crippen LogP contribution in [0.25, 0.3) is 11.1 Å². The van der Waals surface area contributed by atoms with Gasteiger partial charge in [0.15, 0.2) is 0 Å². The zero-order valence-corrected chi connectivity index (χ0v) is 15.7. The Labute approximate surface area is 147 Å². The third-order valence-electron chi connectivity index (χ3n) is 6.45. The average molecular weight is 319 g/mol. The van der Waals surface area contributed by atoms with Crippen LogP contribution in [0.1, 0.15) is 93.9 Å². The summed E-state index contributed by atoms with van der Waals surface area (Å²) < 4.78 is 0. The van der Waals surface area contributed by atoms with E-state index in [2.05, 4.69) is 64.1 Å². The summed E-state index contributed by atoms with van der Waals surface area (Å²) >= 11 is 0. The summed E-state index contributed by atoms with van der Waals surface area (Å²) in [7, 11) is 0. The van der Waals surface area contributed by atoms with Crippen LogP contribution >= 0.6 is 0 Å². The van der Waals surface area contributed by atoms with Gasteiger partial charge < -0.3 is 0 Å². The molecule has 2 aliphatic rings. The van der Waals surface area contributed by atoms with Crippen molar-refractivity contribution in [3.8, 4) is 11.1 Å². The molecule has 1 saturated carbocycles. The Morgan fingerprint density at radius 2 is 1.12 bits per heavy atom. The maximum atomic E-state index is 2.54. The summed E-state index contributed by atoms with van der Waals surface area (Å²) in [4.78, 5) is 0. The van der Waals surface area contributed by atoms with Gasteiger partial charge in [-0.3, -0.25) is 0 Å². The van der Waals surface area contributed by atoms with Crippen molar-refractivity contribution in [2.75, 3.05) is 0 Å². The molecule has 24 heavy (non-hydrogen) atoms. The van der Waals surface area contributed by atoms with E-state index in [4.69, 9.17) is 0 Å². The van der Waals surface area contributed by atoms with E-state index in [0.717, 1.165) is 0 Å². The number of fused-ring (bicyclic) bond motifs is 5. The van der Waals surface area contributed by atoms with Crippen LogP contribution in [0.2, 0.25) is 0 Å². The van der Waals surface area contributed by atoms with Gasteiger partial charge in [-0.1, -0.05) is 83.4 Å². The van der Waals surface area contributed by atoms with Gasteiger partial charge in [0.25, 0.3) is 0 Å². The van der Waals surface area contributed by atoms with Crippen molar-refractivity contribution in [2.24, 2.45) is 0 Å². The Morgan fingerprint density at radius 3 is 1.54 bits per heavy atom. The Balaban J connectivity index is 1.95. The molecule has 1 spiro atoms. The summed E-state index contributed by atoms with van der Waals surface area (Å²) in [6, 6.07) is 14.6. The molecular weight excluding hydrogens is 288 g/mol. The summed E-state index contributed by atoms with van der Waals surface area (Å²) in [5.41, 5.74) is 9.55. The highest BCUT2D eigenvalue weighted by molar-refractivity contribution is 5.82. The van der Waals surface area contributed by atoms with Crippen LogP contribution in [0.3, 0.4) is 0 Å². The molecule has 2 aromatic rings. The van der Waals surface area contributed by atoms with Gasteiger partial charge in [0.2, 0.25) is 0 Å². The quantitative estimate of drug-likeness (QED) is 0.551. The monoisotopic (exact) mass is 318 g/mol. The van der Waals surface area contributed by atoms with E-state index in [1.54, 1.807) is 11.1 Å². The molecule has 0 amide bonds. The molecule has 0 atom stereocenters. The van der Waals surface area contributed by atoms with Crippen molar-refractivity contribution >= 4 is 0 Å². The predicted molar refractivity (Wildman–Crippen MR) is 104 cm³/mol. The normalized spacial score (nSPS) is 18.2. The van der Waals surface area contributed by atoms with Gasteiger partial charge in [0.05, 0.1) is 0 Å². The van der Waals surface area contributed by atoms with Crippen molar-refractivity contribution in [3.63, 3.8) is 0 Å². The molecule has 0 unspecified atom stereocenters. The molecule has 0 heteroatoms. The van der Waals surface area contributed by atoms with Crippen LogP contribution in [0.15, 0.2) is 36.4 Å². The fraction of sp³-hybridized carbons (Fsp3) is 0.500. The van der Waals surface area contributed by atoms with E-state index in [1.165, 1.54) is 54.4 Å². The van der Waals surface area contributed by atoms with E-state index >= 15 is 0 Å². The second-order valence-corrected chi connectivity index (χ2v) is 8.56. The van der Waals surface area contributed by atoms with E-state index in [-0.39, 0.29) is 0 Å². The van der Waals surface area contributed by atoms with Gasteiger partial charge >= 0.3 is 0 Å². The third-order valence-corrected chi connectivity index (χ3v) is 6.45. The van der Waals surface area contributed by atoms with E-state index in [9.17, 15) is 0 Å². The highest BCUT2D eigenvalue weighted by atomic mass is 14.5. The van der Waals surface area contributed by atoms with Crippen molar-refractivity contribution in [1.82, 2.24) is 0 Å². The minimum Gasteiger partial charge on any atom is -0.0587 e. The first-order valence-corrected chi connectivity index (χ1v) is 9.82. The Morgan fingerprint density at radius 1 is 0.667 bits per heavy atom. The molecule has 0 saturated heterocycles. The smallest absolute Gasteiger partial charge is 0.0215 e. The largest absolute Gasteiger partial charge is 0.0587 e. The standard InChI is InChI=1S/C24H30/c1-16(2)18-8-10-20-21-11-9-19(17(3)4)15-23(21)24(22(20)14-18)12-6-5-7-13-24/h8-11,14-17H,5-7,12-13H2,1-4H3. The van der Waals surface area contributed by atoms with Gasteiger partial charge in [0, 0.05) is 5.41 Å². The summed E-state index contributed by atoms with van der Waals surface area (Å²) in [5.74, 6) is 1.21. The molecule has 0 bridgehead atoms. The van der Waals surface area contributed by atoms with Crippen LogP contribution in [0.4, 0.5) is 0 Å². The molecule has 2 aliphatic carbocycles. The molecule has 1 fully saturated rings. The summed E-state index contributed by atoms with van der Waals surface area (Å²) in [6.07, 6.45) is 6.81. The lowest BCUT2D eigenvalue weighted by Crippen LogP contribution is -2.28. The van der Waals surface area contributed by atoms with Crippen LogP contribution in [-0.2, 0) is 5.41 Å². The van der Waals surface area contributed by atoms with E-state index in [0.29, 0.717) is 17.3 Å². The highest BCUT2D eigenvalue weighted by Crippen LogP contribution is 2.56. The number of rotatable bonds is 2. The highest BCUT2D eigenvalue weighted by Gasteiger charge is 2.43. The van der Waals surface area contributed by atoms with Gasteiger partial charge in [0.1, 0.15) is 0 Å². The Kier molecular flexibility index (Phi) is 3.82. The molecule has 4 rings (SSSR count). The van der Waals surface area contributed by atoms with Crippen LogP contribution in [0.5, 0.6) is 0 Å². The maximum Gasteiger partial charge on any atom is 0.0215 e. The summed E-state index contributed by atoms with van der Waals surface area (Å²) in [5, 5.41) is 0. The maximum absolute atomic E-state index is 2.54. The third kappa shape index (κ3) is 2.26. The van der Waals surface area contributed by atoms with Gasteiger partial charge in [-0.25, -0.2) is 0 Å². The molecule has 0 heterocycles. The SMILES string of the molecule is CC(C)c1ccc2c(c1)C1(CCCCC1)c1cc(C(C)C)ccc1-2. The number of hydrogen-bond donors (Lipinski definition) is 0. The molecule has 126 valence electrons. The van der Waals surface area contributed by atoms with Crippen molar-refractivity contribution in [1.29, 1.82) is 0 Å². The second kappa shape index (κ2) is 5.76. The topological polar surface area (TPSA) is 0 Å². The molecule has 2 aromatic carbocycles. The fourth-order valence-electron chi connectivity index (χ4n) is 4.94. The molecular formula is C24H30. The van der Waals surface area contributed by atoms with Gasteiger partial charge in [-0.15, -0.1) is 0 Å². The first kappa shape index (κ1) is 15.9. The first-order chi connectivity index (χ1) is 11.5. The second-order valence-electron chi connectivity index (χ2n) is 8.56. The van der Waals surface area contributed by atoms with E-state index in [1.807, 2.05) is 0 Å². The van der Waals surface area contributed by atoms with Gasteiger partial charge in [-0.05, 0) is 58.1 Å². The zero-order chi connectivity index (χ0) is 16.9. The molecule has 0 aliphatic heterocycles. The predicted octanol–water partition coefficient (Wildman–Crippen LogP) is 7.16. The minimum absolute atomic E-state index is 0.290. The van der Waals surface area contributed by atoms with Crippen LogP contribution < -0.4 is 0 Å². The molecule has 0 nitrogen and oxygen atoms in total. The lowest BCUT2D eigenvalue weighted by Gasteiger charge is -2.36. The Bertz CT molecular complexity index is 698. The van der Waals surface area contributed by atoms with Crippen LogP contribution in [-0.4, -0.2) is 0 Å². The summed E-state index contributed by atoms with van der Waals surface area (Å²) in [6.45, 7) is 9.25. The number of hydrogen-bond acceptors (Lipinski definition) is 0. The van der Waals surface area contributed by atoms with E-state index < -0.39 is 0 Å². The lowest BCUT2D eigenvalue weighted by atomic mass is 9.67. The zero-order valence-electron chi connectivity index (χ0n) is 15.7.